The molecule has 18 heavy (non-hydrogen) atoms. The Morgan fingerprint density at radius 2 is 1.78 bits per heavy atom. The third kappa shape index (κ3) is 4.67. The molecule has 0 aromatic carbocycles. The maximum absolute atomic E-state index is 12.5. The molecule has 0 fully saturated rings. The van der Waals surface area contributed by atoms with E-state index in [0.717, 1.165) is 24.0 Å². The van der Waals surface area contributed by atoms with Crippen LogP contribution in [0.2, 0.25) is 0 Å². The molecule has 0 unspecified atom stereocenters. The van der Waals surface area contributed by atoms with Crippen molar-refractivity contribution >= 4 is 0 Å². The Kier molecular flexibility index (Phi) is 6.96. The average Bonchev–Trinajstić information content (AvgIpc) is 2.31. The van der Waals surface area contributed by atoms with Gasteiger partial charge in [0.1, 0.15) is 5.69 Å². The van der Waals surface area contributed by atoms with E-state index in [1.807, 2.05) is 34.6 Å². The molecule has 0 amide bonds. The molecule has 1 aromatic rings. The second-order valence-electron chi connectivity index (χ2n) is 4.17. The minimum Gasteiger partial charge on any atom is -0.251 e. The largest absolute Gasteiger partial charge is 0.433 e. The van der Waals surface area contributed by atoms with Gasteiger partial charge in [0.05, 0.1) is 0 Å². The lowest BCUT2D eigenvalue weighted by Crippen LogP contribution is -2.10. The molecule has 0 saturated carbocycles. The molecular weight excluding hydrogens is 239 g/mol. The van der Waals surface area contributed by atoms with Gasteiger partial charge in [0.15, 0.2) is 0 Å². The number of hydrogen-bond donors (Lipinski definition) is 0. The van der Waals surface area contributed by atoms with Gasteiger partial charge in [-0.1, -0.05) is 41.0 Å². The first kappa shape index (κ1) is 16.9. The van der Waals surface area contributed by atoms with Crippen LogP contribution in [0.1, 0.15) is 63.8 Å². The third-order valence-electron chi connectivity index (χ3n) is 2.45. The highest BCUT2D eigenvalue weighted by Gasteiger charge is 2.33. The summed E-state index contributed by atoms with van der Waals surface area (Å²) in [6.07, 6.45) is -1.30. The summed E-state index contributed by atoms with van der Waals surface area (Å²) in [5, 5.41) is 0. The molecule has 1 nitrogen and oxygen atoms in total. The topological polar surface area (TPSA) is 12.9 Å². The fourth-order valence-corrected chi connectivity index (χ4v) is 1.67. The van der Waals surface area contributed by atoms with Gasteiger partial charge in [0.25, 0.3) is 0 Å². The average molecular weight is 261 g/mol. The third-order valence-corrected chi connectivity index (χ3v) is 2.45. The molecule has 0 aliphatic carbocycles. The lowest BCUT2D eigenvalue weighted by molar-refractivity contribution is -0.141. The zero-order valence-corrected chi connectivity index (χ0v) is 11.7. The summed E-state index contributed by atoms with van der Waals surface area (Å²) in [5.41, 5.74) is 0.880. The summed E-state index contributed by atoms with van der Waals surface area (Å²) in [6, 6.07) is 1.18. The summed E-state index contributed by atoms with van der Waals surface area (Å²) < 4.78 is 37.5. The van der Waals surface area contributed by atoms with Crippen molar-refractivity contribution in [3.63, 3.8) is 0 Å². The minimum absolute atomic E-state index is 0.0886. The van der Waals surface area contributed by atoms with Crippen LogP contribution in [0.5, 0.6) is 0 Å². The van der Waals surface area contributed by atoms with Gasteiger partial charge in [-0.05, 0) is 29.5 Å². The smallest absolute Gasteiger partial charge is 0.251 e. The van der Waals surface area contributed by atoms with E-state index in [2.05, 4.69) is 4.98 Å². The molecule has 1 heterocycles. The van der Waals surface area contributed by atoms with E-state index in [0.29, 0.717) is 0 Å². The van der Waals surface area contributed by atoms with Gasteiger partial charge in [0.2, 0.25) is 0 Å². The van der Waals surface area contributed by atoms with Crippen molar-refractivity contribution in [3.8, 4) is 0 Å². The van der Waals surface area contributed by atoms with Crippen molar-refractivity contribution < 1.29 is 13.2 Å². The van der Waals surface area contributed by atoms with Crippen LogP contribution in [-0.2, 0) is 12.6 Å². The summed E-state index contributed by atoms with van der Waals surface area (Å²) >= 11 is 0. The van der Waals surface area contributed by atoms with E-state index in [1.54, 1.807) is 0 Å². The monoisotopic (exact) mass is 261 g/mol. The van der Waals surface area contributed by atoms with Crippen LogP contribution >= 0.6 is 0 Å². The molecule has 0 N–H and O–H groups in total. The Labute approximate surface area is 107 Å². The number of rotatable bonds is 3. The predicted octanol–water partition coefficient (Wildman–Crippen LogP) is 5.20. The molecule has 0 spiro atoms. The minimum atomic E-state index is -4.35. The molecule has 104 valence electrons. The van der Waals surface area contributed by atoms with E-state index in [1.165, 1.54) is 12.3 Å². The van der Waals surface area contributed by atoms with Crippen LogP contribution in [0.25, 0.3) is 0 Å². The Balaban J connectivity index is 0.00000137. The first-order valence-electron chi connectivity index (χ1n) is 6.42. The van der Waals surface area contributed by atoms with Crippen LogP contribution in [0.3, 0.4) is 0 Å². The SMILES string of the molecule is CC.CCCc1cnc(C(F)(F)F)cc1C(C)C. The number of halogens is 3. The summed E-state index contributed by atoms with van der Waals surface area (Å²) in [4.78, 5) is 3.49. The Hall–Kier alpha value is -1.06. The van der Waals surface area contributed by atoms with Crippen molar-refractivity contribution in [2.75, 3.05) is 0 Å². The molecule has 0 aliphatic heterocycles. The van der Waals surface area contributed by atoms with Gasteiger partial charge in [-0.3, -0.25) is 4.98 Å². The maximum atomic E-state index is 12.5. The number of aryl methyl sites for hydroxylation is 1. The molecule has 0 radical (unpaired) electrons. The number of hydrogen-bond acceptors (Lipinski definition) is 1. The van der Waals surface area contributed by atoms with Crippen LogP contribution in [0.15, 0.2) is 12.3 Å². The van der Waals surface area contributed by atoms with Crippen LogP contribution in [-0.4, -0.2) is 4.98 Å². The standard InChI is InChI=1S/C12H16F3N.C2H6/c1-4-5-9-7-16-11(12(13,14)15)6-10(9)8(2)3;1-2/h6-8H,4-5H2,1-3H3;1-2H3. The normalized spacial score (nSPS) is 11.2. The van der Waals surface area contributed by atoms with Crippen molar-refractivity contribution in [3.05, 3.63) is 29.1 Å². The fourth-order valence-electron chi connectivity index (χ4n) is 1.67. The van der Waals surface area contributed by atoms with Crippen LogP contribution < -0.4 is 0 Å². The lowest BCUT2D eigenvalue weighted by atomic mass is 9.95. The number of alkyl halides is 3. The maximum Gasteiger partial charge on any atom is 0.433 e. The quantitative estimate of drug-likeness (QED) is 0.728. The van der Waals surface area contributed by atoms with Crippen LogP contribution in [0, 0.1) is 0 Å². The molecule has 0 aliphatic rings. The summed E-state index contributed by atoms with van der Waals surface area (Å²) in [6.45, 7) is 9.80. The van der Waals surface area contributed by atoms with E-state index in [4.69, 9.17) is 0 Å². The highest BCUT2D eigenvalue weighted by atomic mass is 19.4. The van der Waals surface area contributed by atoms with Gasteiger partial charge in [0, 0.05) is 6.20 Å². The first-order chi connectivity index (χ1) is 8.36. The highest BCUT2D eigenvalue weighted by molar-refractivity contribution is 5.30. The van der Waals surface area contributed by atoms with E-state index in [-0.39, 0.29) is 5.92 Å². The van der Waals surface area contributed by atoms with Crippen molar-refractivity contribution in [1.82, 2.24) is 4.98 Å². The van der Waals surface area contributed by atoms with Crippen molar-refractivity contribution in [1.29, 1.82) is 0 Å². The van der Waals surface area contributed by atoms with Gasteiger partial charge in [-0.15, -0.1) is 0 Å². The van der Waals surface area contributed by atoms with E-state index in [9.17, 15) is 13.2 Å². The number of pyridine rings is 1. The molecule has 1 aromatic heterocycles. The van der Waals surface area contributed by atoms with Crippen LogP contribution in [0.4, 0.5) is 13.2 Å². The summed E-state index contributed by atoms with van der Waals surface area (Å²) in [5.74, 6) is 0.0886. The molecule has 4 heteroatoms. The van der Waals surface area contributed by atoms with Gasteiger partial charge in [-0.25, -0.2) is 0 Å². The Morgan fingerprint density at radius 3 is 2.17 bits per heavy atom. The molecule has 0 atom stereocenters. The Bertz CT molecular complexity index is 357. The zero-order chi connectivity index (χ0) is 14.3. The lowest BCUT2D eigenvalue weighted by Gasteiger charge is -2.14. The molecule has 0 saturated heterocycles. The fraction of sp³-hybridized carbons (Fsp3) is 0.643. The zero-order valence-electron chi connectivity index (χ0n) is 11.7. The van der Waals surface area contributed by atoms with Gasteiger partial charge in [-0.2, -0.15) is 13.2 Å². The summed E-state index contributed by atoms with van der Waals surface area (Å²) in [7, 11) is 0. The Morgan fingerprint density at radius 1 is 1.22 bits per heavy atom. The van der Waals surface area contributed by atoms with Crippen molar-refractivity contribution in [2.45, 2.75) is 59.6 Å². The van der Waals surface area contributed by atoms with Gasteiger partial charge >= 0.3 is 6.18 Å². The first-order valence-corrected chi connectivity index (χ1v) is 6.42. The highest BCUT2D eigenvalue weighted by Crippen LogP contribution is 2.31. The molecular formula is C14H22F3N. The number of aromatic nitrogens is 1. The second-order valence-corrected chi connectivity index (χ2v) is 4.17. The van der Waals surface area contributed by atoms with E-state index >= 15 is 0 Å². The predicted molar refractivity (Wildman–Crippen MR) is 68.7 cm³/mol. The molecule has 1 rings (SSSR count). The van der Waals surface area contributed by atoms with E-state index < -0.39 is 11.9 Å². The molecule has 0 bridgehead atoms. The van der Waals surface area contributed by atoms with Gasteiger partial charge < -0.3 is 0 Å². The number of nitrogens with zero attached hydrogens (tertiary/aromatic N) is 1. The van der Waals surface area contributed by atoms with Crippen molar-refractivity contribution in [2.24, 2.45) is 0 Å². The second kappa shape index (κ2) is 7.39.